The van der Waals surface area contributed by atoms with Crippen LogP contribution in [0.4, 0.5) is 5.13 Å². The molecule has 2 aromatic rings. The number of nitrogens with zero attached hydrogens (tertiary/aromatic N) is 3. The first kappa shape index (κ1) is 18.0. The Balaban J connectivity index is 2.45. The van der Waals surface area contributed by atoms with E-state index in [-0.39, 0.29) is 0 Å². The van der Waals surface area contributed by atoms with Crippen molar-refractivity contribution >= 4 is 33.8 Å². The summed E-state index contributed by atoms with van der Waals surface area (Å²) in [5.41, 5.74) is 2.96. The zero-order valence-corrected chi connectivity index (χ0v) is 16.0. The molecule has 0 spiro atoms. The molecule has 0 aliphatic carbocycles. The van der Waals surface area contributed by atoms with Crippen LogP contribution in [0.3, 0.4) is 0 Å². The Kier molecular flexibility index (Phi) is 6.19. The molecular weight excluding hydrogens is 326 g/mol. The molecule has 0 radical (unpaired) electrons. The van der Waals surface area contributed by atoms with Gasteiger partial charge in [0, 0.05) is 21.2 Å². The molecule has 0 N–H and O–H groups in total. The Morgan fingerprint density at radius 1 is 1.35 bits per heavy atom. The second kappa shape index (κ2) is 7.93. The van der Waals surface area contributed by atoms with E-state index in [0.29, 0.717) is 6.04 Å². The lowest BCUT2D eigenvalue weighted by Gasteiger charge is -2.24. The molecule has 3 nitrogen and oxygen atoms in total. The predicted molar refractivity (Wildman–Crippen MR) is 103 cm³/mol. The highest BCUT2D eigenvalue weighted by Gasteiger charge is 2.20. The van der Waals surface area contributed by atoms with Gasteiger partial charge in [0.05, 0.1) is 11.7 Å². The van der Waals surface area contributed by atoms with Crippen LogP contribution in [0, 0.1) is 6.92 Å². The highest BCUT2D eigenvalue weighted by atomic mass is 35.5. The molecule has 1 atom stereocenters. The van der Waals surface area contributed by atoms with Crippen LogP contribution >= 0.6 is 22.9 Å². The maximum absolute atomic E-state index is 6.34. The number of hydrazone groups is 1. The molecule has 1 unspecified atom stereocenters. The van der Waals surface area contributed by atoms with Gasteiger partial charge >= 0.3 is 0 Å². The summed E-state index contributed by atoms with van der Waals surface area (Å²) in [5, 5.41) is 8.42. The van der Waals surface area contributed by atoms with Gasteiger partial charge in [-0.05, 0) is 40.2 Å². The summed E-state index contributed by atoms with van der Waals surface area (Å²) in [4.78, 5) is 6.01. The van der Waals surface area contributed by atoms with E-state index in [0.717, 1.165) is 44.8 Å². The van der Waals surface area contributed by atoms with Gasteiger partial charge < -0.3 is 0 Å². The zero-order chi connectivity index (χ0) is 17.0. The lowest BCUT2D eigenvalue weighted by Crippen LogP contribution is -2.28. The molecule has 0 bridgehead atoms. The van der Waals surface area contributed by atoms with E-state index >= 15 is 0 Å². The number of halogens is 1. The van der Waals surface area contributed by atoms with Crippen molar-refractivity contribution in [2.75, 3.05) is 5.01 Å². The number of hydrogen-bond donors (Lipinski definition) is 0. The Labute approximate surface area is 148 Å². The molecule has 1 heterocycles. The summed E-state index contributed by atoms with van der Waals surface area (Å²) in [7, 11) is 0. The van der Waals surface area contributed by atoms with Gasteiger partial charge in [0.2, 0.25) is 5.13 Å². The van der Waals surface area contributed by atoms with Crippen molar-refractivity contribution in [2.24, 2.45) is 5.10 Å². The molecular formula is C18H24ClN3S. The van der Waals surface area contributed by atoms with Crippen molar-refractivity contribution in [2.45, 2.75) is 53.5 Å². The number of benzene rings is 1. The highest BCUT2D eigenvalue weighted by molar-refractivity contribution is 7.16. The number of aryl methyl sites for hydroxylation is 1. The number of hydrogen-bond acceptors (Lipinski definition) is 4. The van der Waals surface area contributed by atoms with Crippen molar-refractivity contribution in [1.29, 1.82) is 0 Å². The van der Waals surface area contributed by atoms with E-state index in [4.69, 9.17) is 21.7 Å². The van der Waals surface area contributed by atoms with E-state index in [1.165, 1.54) is 0 Å². The molecule has 0 saturated heterocycles. The first-order valence-corrected chi connectivity index (χ1v) is 9.16. The summed E-state index contributed by atoms with van der Waals surface area (Å²) >= 11 is 8.01. The average Bonchev–Trinajstić information content (AvgIpc) is 2.87. The minimum Gasteiger partial charge on any atom is -0.236 e. The number of thiazole rings is 1. The molecule has 5 heteroatoms. The smallest absolute Gasteiger partial charge is 0.207 e. The van der Waals surface area contributed by atoms with Crippen LogP contribution in [0.1, 0.15) is 45.4 Å². The van der Waals surface area contributed by atoms with E-state index in [1.54, 1.807) is 11.3 Å². The second-order valence-electron chi connectivity index (χ2n) is 5.91. The van der Waals surface area contributed by atoms with E-state index in [2.05, 4.69) is 25.8 Å². The fraction of sp³-hybridized carbons (Fsp3) is 0.444. The van der Waals surface area contributed by atoms with Crippen LogP contribution in [-0.4, -0.2) is 16.7 Å². The summed E-state index contributed by atoms with van der Waals surface area (Å²) in [5.74, 6) is 0. The molecule has 0 aliphatic rings. The third-order valence-electron chi connectivity index (χ3n) is 3.54. The maximum Gasteiger partial charge on any atom is 0.207 e. The van der Waals surface area contributed by atoms with Crippen LogP contribution in [0.25, 0.3) is 11.3 Å². The fourth-order valence-corrected chi connectivity index (χ4v) is 3.67. The Bertz CT molecular complexity index is 689. The van der Waals surface area contributed by atoms with Gasteiger partial charge in [-0.3, -0.25) is 0 Å². The topological polar surface area (TPSA) is 28.5 Å². The third kappa shape index (κ3) is 4.33. The van der Waals surface area contributed by atoms with E-state index < -0.39 is 0 Å². The fourth-order valence-electron chi connectivity index (χ4n) is 2.47. The molecule has 0 amide bonds. The van der Waals surface area contributed by atoms with Gasteiger partial charge in [-0.15, -0.1) is 0 Å². The van der Waals surface area contributed by atoms with E-state index in [1.807, 2.05) is 38.1 Å². The standard InChI is InChI=1S/C18H24ClN3S/c1-6-9-13(4)22(21-12(2)3)18-20-17(14(5)23-18)15-10-7-8-11-16(15)19/h7-8,10-11,13H,6,9H2,1-5H3. The normalized spacial score (nSPS) is 12.1. The maximum atomic E-state index is 6.34. The van der Waals surface area contributed by atoms with Crippen LogP contribution in [0.2, 0.25) is 5.02 Å². The van der Waals surface area contributed by atoms with Gasteiger partial charge in [-0.25, -0.2) is 9.99 Å². The van der Waals surface area contributed by atoms with Crippen molar-refractivity contribution in [3.8, 4) is 11.3 Å². The van der Waals surface area contributed by atoms with Gasteiger partial charge in [0.25, 0.3) is 0 Å². The minimum absolute atomic E-state index is 0.319. The molecule has 1 aromatic heterocycles. The van der Waals surface area contributed by atoms with Gasteiger partial charge in [0.15, 0.2) is 0 Å². The molecule has 2 rings (SSSR count). The molecule has 23 heavy (non-hydrogen) atoms. The quantitative estimate of drug-likeness (QED) is 0.461. The van der Waals surface area contributed by atoms with Crippen LogP contribution in [0.15, 0.2) is 29.4 Å². The van der Waals surface area contributed by atoms with Crippen molar-refractivity contribution < 1.29 is 0 Å². The molecule has 124 valence electrons. The van der Waals surface area contributed by atoms with Crippen LogP contribution < -0.4 is 5.01 Å². The zero-order valence-electron chi connectivity index (χ0n) is 14.4. The predicted octanol–water partition coefficient (Wildman–Crippen LogP) is 6.16. The molecule has 0 aliphatic heterocycles. The number of aromatic nitrogens is 1. The highest BCUT2D eigenvalue weighted by Crippen LogP contribution is 2.36. The lowest BCUT2D eigenvalue weighted by molar-refractivity contribution is 0.593. The summed E-state index contributed by atoms with van der Waals surface area (Å²) < 4.78 is 0. The van der Waals surface area contributed by atoms with Gasteiger partial charge in [-0.2, -0.15) is 5.10 Å². The van der Waals surface area contributed by atoms with Crippen LogP contribution in [0.5, 0.6) is 0 Å². The molecule has 1 aromatic carbocycles. The molecule has 0 fully saturated rings. The van der Waals surface area contributed by atoms with Crippen molar-refractivity contribution in [3.05, 3.63) is 34.2 Å². The number of rotatable bonds is 6. The average molecular weight is 350 g/mol. The van der Waals surface area contributed by atoms with Gasteiger partial charge in [-0.1, -0.05) is 54.5 Å². The monoisotopic (exact) mass is 349 g/mol. The van der Waals surface area contributed by atoms with Gasteiger partial charge in [0.1, 0.15) is 0 Å². The second-order valence-corrected chi connectivity index (χ2v) is 7.50. The van der Waals surface area contributed by atoms with Crippen molar-refractivity contribution in [1.82, 2.24) is 4.98 Å². The van der Waals surface area contributed by atoms with Crippen molar-refractivity contribution in [3.63, 3.8) is 0 Å². The number of anilines is 1. The molecule has 0 saturated carbocycles. The van der Waals surface area contributed by atoms with E-state index in [9.17, 15) is 0 Å². The Morgan fingerprint density at radius 3 is 2.65 bits per heavy atom. The Hall–Kier alpha value is -1.39. The Morgan fingerprint density at radius 2 is 2.04 bits per heavy atom. The first-order valence-electron chi connectivity index (χ1n) is 7.97. The largest absolute Gasteiger partial charge is 0.236 e. The SMILES string of the molecule is CCCC(C)N(N=C(C)C)c1nc(-c2ccccc2Cl)c(C)s1. The summed E-state index contributed by atoms with van der Waals surface area (Å²) in [6.45, 7) is 10.5. The lowest BCUT2D eigenvalue weighted by atomic mass is 10.1. The first-order chi connectivity index (χ1) is 10.9. The van der Waals surface area contributed by atoms with Crippen LogP contribution in [-0.2, 0) is 0 Å². The summed E-state index contributed by atoms with van der Waals surface area (Å²) in [6, 6.07) is 8.17. The minimum atomic E-state index is 0.319. The third-order valence-corrected chi connectivity index (χ3v) is 4.83. The summed E-state index contributed by atoms with van der Waals surface area (Å²) in [6.07, 6.45) is 2.20.